The maximum absolute atomic E-state index is 4.17. The van der Waals surface area contributed by atoms with Gasteiger partial charge in [0.1, 0.15) is 0 Å². The van der Waals surface area contributed by atoms with E-state index in [-0.39, 0.29) is 5.54 Å². The van der Waals surface area contributed by atoms with Gasteiger partial charge in [-0.05, 0) is 38.8 Å². The van der Waals surface area contributed by atoms with Gasteiger partial charge in [-0.3, -0.25) is 4.90 Å². The van der Waals surface area contributed by atoms with Gasteiger partial charge in [0.05, 0.1) is 0 Å². The summed E-state index contributed by atoms with van der Waals surface area (Å²) in [4.78, 5) is 2.49. The van der Waals surface area contributed by atoms with Gasteiger partial charge in [0, 0.05) is 25.2 Å². The molecule has 102 valence electrons. The van der Waals surface area contributed by atoms with Crippen LogP contribution in [0.3, 0.4) is 0 Å². The standard InChI is InChI=1S/C15H32N2/c1-8-13(3)11-17(9-2)12-14(4)10-16-15(5,6)7/h13,16H,4,8-12H2,1-3,5-7H3. The average molecular weight is 240 g/mol. The van der Waals surface area contributed by atoms with Crippen molar-refractivity contribution < 1.29 is 0 Å². The fourth-order valence-corrected chi connectivity index (χ4v) is 1.64. The molecular weight excluding hydrogens is 208 g/mol. The summed E-state index contributed by atoms with van der Waals surface area (Å²) >= 11 is 0. The molecule has 1 N–H and O–H groups in total. The van der Waals surface area contributed by atoms with Crippen molar-refractivity contribution in [2.24, 2.45) is 5.92 Å². The van der Waals surface area contributed by atoms with E-state index in [1.54, 1.807) is 0 Å². The van der Waals surface area contributed by atoms with Gasteiger partial charge in [-0.25, -0.2) is 0 Å². The van der Waals surface area contributed by atoms with Crippen LogP contribution in [0.4, 0.5) is 0 Å². The van der Waals surface area contributed by atoms with Crippen LogP contribution in [0.5, 0.6) is 0 Å². The highest BCUT2D eigenvalue weighted by atomic mass is 15.1. The maximum Gasteiger partial charge on any atom is 0.0202 e. The molecule has 0 aliphatic carbocycles. The largest absolute Gasteiger partial charge is 0.308 e. The summed E-state index contributed by atoms with van der Waals surface area (Å²) in [7, 11) is 0. The van der Waals surface area contributed by atoms with Gasteiger partial charge in [0.25, 0.3) is 0 Å². The van der Waals surface area contributed by atoms with Crippen LogP contribution in [0.25, 0.3) is 0 Å². The number of rotatable bonds is 8. The van der Waals surface area contributed by atoms with Gasteiger partial charge >= 0.3 is 0 Å². The van der Waals surface area contributed by atoms with Crippen LogP contribution in [0.1, 0.15) is 48.0 Å². The predicted octanol–water partition coefficient (Wildman–Crippen LogP) is 3.30. The molecule has 0 rings (SSSR count). The summed E-state index contributed by atoms with van der Waals surface area (Å²) in [6.07, 6.45) is 1.25. The molecule has 0 heterocycles. The van der Waals surface area contributed by atoms with Gasteiger partial charge < -0.3 is 5.32 Å². The topological polar surface area (TPSA) is 15.3 Å². The highest BCUT2D eigenvalue weighted by Crippen LogP contribution is 2.07. The van der Waals surface area contributed by atoms with E-state index in [2.05, 4.69) is 58.3 Å². The average Bonchev–Trinajstić information content (AvgIpc) is 2.24. The van der Waals surface area contributed by atoms with E-state index in [1.165, 1.54) is 18.5 Å². The molecule has 2 heteroatoms. The molecular formula is C15H32N2. The van der Waals surface area contributed by atoms with Crippen molar-refractivity contribution in [3.63, 3.8) is 0 Å². The highest BCUT2D eigenvalue weighted by molar-refractivity contribution is 5.01. The lowest BCUT2D eigenvalue weighted by Gasteiger charge is -2.27. The Labute approximate surface area is 108 Å². The first-order valence-electron chi connectivity index (χ1n) is 6.92. The number of likely N-dealkylation sites (N-methyl/N-ethyl adjacent to an activating group) is 1. The van der Waals surface area contributed by atoms with Crippen molar-refractivity contribution in [1.82, 2.24) is 10.2 Å². The van der Waals surface area contributed by atoms with E-state index in [0.717, 1.165) is 25.6 Å². The third kappa shape index (κ3) is 9.37. The number of hydrogen-bond acceptors (Lipinski definition) is 2. The lowest BCUT2D eigenvalue weighted by Crippen LogP contribution is -2.39. The third-order valence-corrected chi connectivity index (χ3v) is 3.03. The molecule has 2 nitrogen and oxygen atoms in total. The molecule has 17 heavy (non-hydrogen) atoms. The Morgan fingerprint density at radius 2 is 1.88 bits per heavy atom. The third-order valence-electron chi connectivity index (χ3n) is 3.03. The van der Waals surface area contributed by atoms with Crippen LogP contribution < -0.4 is 5.32 Å². The summed E-state index contributed by atoms with van der Waals surface area (Å²) in [6.45, 7) is 21.8. The zero-order valence-corrected chi connectivity index (χ0v) is 12.8. The lowest BCUT2D eigenvalue weighted by molar-refractivity contribution is 0.261. The Morgan fingerprint density at radius 1 is 1.29 bits per heavy atom. The van der Waals surface area contributed by atoms with Crippen LogP contribution in [0, 0.1) is 5.92 Å². The SMILES string of the molecule is C=C(CNC(C)(C)C)CN(CC)CC(C)CC. The minimum absolute atomic E-state index is 0.177. The first-order chi connectivity index (χ1) is 7.78. The Bertz CT molecular complexity index is 215. The van der Waals surface area contributed by atoms with Crippen LogP contribution >= 0.6 is 0 Å². The van der Waals surface area contributed by atoms with Gasteiger partial charge in [-0.2, -0.15) is 0 Å². The normalized spacial score (nSPS) is 14.1. The van der Waals surface area contributed by atoms with E-state index in [0.29, 0.717) is 0 Å². The Balaban J connectivity index is 3.98. The molecule has 0 radical (unpaired) electrons. The Kier molecular flexibility index (Phi) is 7.73. The van der Waals surface area contributed by atoms with Crippen LogP contribution in [-0.4, -0.2) is 36.6 Å². The van der Waals surface area contributed by atoms with Crippen LogP contribution in [-0.2, 0) is 0 Å². The summed E-state index contributed by atoms with van der Waals surface area (Å²) < 4.78 is 0. The van der Waals surface area contributed by atoms with Crippen molar-refractivity contribution in [2.75, 3.05) is 26.2 Å². The first-order valence-corrected chi connectivity index (χ1v) is 6.92. The summed E-state index contributed by atoms with van der Waals surface area (Å²) in [5.41, 5.74) is 1.46. The predicted molar refractivity (Wildman–Crippen MR) is 78.5 cm³/mol. The van der Waals surface area contributed by atoms with Gasteiger partial charge in [0.2, 0.25) is 0 Å². The van der Waals surface area contributed by atoms with Crippen LogP contribution in [0.15, 0.2) is 12.2 Å². The molecule has 0 bridgehead atoms. The molecule has 0 aliphatic rings. The molecule has 0 aromatic heterocycles. The smallest absolute Gasteiger partial charge is 0.0202 e. The second-order valence-corrected chi connectivity index (χ2v) is 6.19. The molecule has 0 spiro atoms. The van der Waals surface area contributed by atoms with Gasteiger partial charge in [-0.15, -0.1) is 0 Å². The van der Waals surface area contributed by atoms with E-state index >= 15 is 0 Å². The van der Waals surface area contributed by atoms with E-state index in [9.17, 15) is 0 Å². The molecule has 0 saturated heterocycles. The Hall–Kier alpha value is -0.340. The molecule has 0 amide bonds. The quantitative estimate of drug-likeness (QED) is 0.655. The second-order valence-electron chi connectivity index (χ2n) is 6.19. The Morgan fingerprint density at radius 3 is 2.29 bits per heavy atom. The molecule has 1 atom stereocenters. The van der Waals surface area contributed by atoms with Crippen LogP contribution in [0.2, 0.25) is 0 Å². The van der Waals surface area contributed by atoms with Crippen molar-refractivity contribution in [3.05, 3.63) is 12.2 Å². The molecule has 0 aromatic carbocycles. The summed E-state index contributed by atoms with van der Waals surface area (Å²) in [5.74, 6) is 0.776. The minimum atomic E-state index is 0.177. The van der Waals surface area contributed by atoms with Crippen molar-refractivity contribution >= 4 is 0 Å². The monoisotopic (exact) mass is 240 g/mol. The van der Waals surface area contributed by atoms with Crippen molar-refractivity contribution in [1.29, 1.82) is 0 Å². The number of nitrogens with zero attached hydrogens (tertiary/aromatic N) is 1. The summed E-state index contributed by atoms with van der Waals surface area (Å²) in [6, 6.07) is 0. The molecule has 0 saturated carbocycles. The molecule has 0 fully saturated rings. The lowest BCUT2D eigenvalue weighted by atomic mass is 10.1. The van der Waals surface area contributed by atoms with E-state index < -0.39 is 0 Å². The van der Waals surface area contributed by atoms with Crippen molar-refractivity contribution in [3.8, 4) is 0 Å². The van der Waals surface area contributed by atoms with E-state index in [1.807, 2.05) is 0 Å². The highest BCUT2D eigenvalue weighted by Gasteiger charge is 2.11. The molecule has 0 aliphatic heterocycles. The maximum atomic E-state index is 4.17. The van der Waals surface area contributed by atoms with Crippen molar-refractivity contribution in [2.45, 2.75) is 53.5 Å². The number of hydrogen-bond donors (Lipinski definition) is 1. The molecule has 1 unspecified atom stereocenters. The van der Waals surface area contributed by atoms with Gasteiger partial charge in [0.15, 0.2) is 0 Å². The zero-order valence-electron chi connectivity index (χ0n) is 12.8. The second kappa shape index (κ2) is 7.88. The van der Waals surface area contributed by atoms with E-state index in [4.69, 9.17) is 0 Å². The molecule has 0 aromatic rings. The minimum Gasteiger partial charge on any atom is -0.308 e. The summed E-state index contributed by atoms with van der Waals surface area (Å²) in [5, 5.41) is 3.49. The number of nitrogens with one attached hydrogen (secondary N) is 1. The zero-order chi connectivity index (χ0) is 13.5. The fraction of sp³-hybridized carbons (Fsp3) is 0.867. The van der Waals surface area contributed by atoms with Gasteiger partial charge in [-0.1, -0.05) is 33.8 Å². The first kappa shape index (κ1) is 16.7. The fourth-order valence-electron chi connectivity index (χ4n) is 1.64.